The van der Waals surface area contributed by atoms with Crippen molar-refractivity contribution >= 4 is 45.6 Å². The smallest absolute Gasteiger partial charge is 0.326 e. The summed E-state index contributed by atoms with van der Waals surface area (Å²) in [6.07, 6.45) is 3.21. The van der Waals surface area contributed by atoms with Crippen molar-refractivity contribution in [2.24, 2.45) is 0 Å². The maximum Gasteiger partial charge on any atom is 0.326 e. The van der Waals surface area contributed by atoms with Crippen molar-refractivity contribution in [3.8, 4) is 11.5 Å². The Morgan fingerprint density at radius 1 is 0.919 bits per heavy atom. The standard InChI is InChI=1S/C28H27N5O4/c1-17(34)18-6-8-20(9-7-18)32-28(35)33-12-4-5-19-13-21(10-11-24(19)33)31-27-22-14-25(36-2)26(37-3)15-23(22)29-16-30-27/h6-11,13-16H,4-5,12H2,1-3H3,(H,32,35)(H,29,30,31). The second-order valence-electron chi connectivity index (χ2n) is 8.73. The maximum atomic E-state index is 13.1. The van der Waals surface area contributed by atoms with E-state index in [1.165, 1.54) is 13.3 Å². The average Bonchev–Trinajstić information content (AvgIpc) is 2.92. The van der Waals surface area contributed by atoms with Crippen LogP contribution in [-0.4, -0.2) is 42.5 Å². The molecule has 9 heteroatoms. The van der Waals surface area contributed by atoms with E-state index in [9.17, 15) is 9.59 Å². The lowest BCUT2D eigenvalue weighted by Crippen LogP contribution is -2.38. The maximum absolute atomic E-state index is 13.1. The molecule has 1 aliphatic heterocycles. The molecular weight excluding hydrogens is 470 g/mol. The molecule has 0 unspecified atom stereocenters. The Morgan fingerprint density at radius 3 is 2.38 bits per heavy atom. The highest BCUT2D eigenvalue weighted by Crippen LogP contribution is 2.36. The fourth-order valence-corrected chi connectivity index (χ4v) is 4.48. The van der Waals surface area contributed by atoms with Gasteiger partial charge in [0, 0.05) is 40.6 Å². The normalized spacial score (nSPS) is 12.6. The number of nitrogens with one attached hydrogen (secondary N) is 2. The molecule has 37 heavy (non-hydrogen) atoms. The van der Waals surface area contributed by atoms with E-state index < -0.39 is 0 Å². The second kappa shape index (κ2) is 10.1. The average molecular weight is 498 g/mol. The van der Waals surface area contributed by atoms with Crippen LogP contribution in [0.2, 0.25) is 0 Å². The number of ether oxygens (including phenoxy) is 2. The summed E-state index contributed by atoms with van der Waals surface area (Å²) in [5.41, 5.74) is 4.77. The Balaban J connectivity index is 1.38. The third kappa shape index (κ3) is 4.88. The van der Waals surface area contributed by atoms with Crippen LogP contribution in [0.15, 0.2) is 60.9 Å². The molecule has 1 aliphatic rings. The molecule has 4 aromatic rings. The summed E-state index contributed by atoms with van der Waals surface area (Å²) in [4.78, 5) is 35.1. The highest BCUT2D eigenvalue weighted by atomic mass is 16.5. The van der Waals surface area contributed by atoms with Gasteiger partial charge >= 0.3 is 6.03 Å². The van der Waals surface area contributed by atoms with E-state index in [2.05, 4.69) is 20.6 Å². The number of Topliss-reactive ketones (excluding diaryl/α,β-unsaturated/α-hetero) is 1. The fourth-order valence-electron chi connectivity index (χ4n) is 4.48. The molecule has 5 rings (SSSR count). The Bertz CT molecular complexity index is 1490. The fraction of sp³-hybridized carbons (Fsp3) is 0.214. The quantitative estimate of drug-likeness (QED) is 0.335. The van der Waals surface area contributed by atoms with Crippen molar-refractivity contribution in [1.82, 2.24) is 9.97 Å². The lowest BCUT2D eigenvalue weighted by molar-refractivity contribution is 0.101. The lowest BCUT2D eigenvalue weighted by Gasteiger charge is -2.30. The Labute approximate surface area is 214 Å². The number of aromatic nitrogens is 2. The van der Waals surface area contributed by atoms with E-state index in [0.29, 0.717) is 35.1 Å². The third-order valence-electron chi connectivity index (χ3n) is 6.39. The Kier molecular flexibility index (Phi) is 6.59. The minimum absolute atomic E-state index is 0.0129. The van der Waals surface area contributed by atoms with Crippen LogP contribution in [0, 0.1) is 0 Å². The van der Waals surface area contributed by atoms with Gasteiger partial charge in [0.05, 0.1) is 19.7 Å². The van der Waals surface area contributed by atoms with Crippen molar-refractivity contribution in [3.05, 3.63) is 72.1 Å². The number of aryl methyl sites for hydroxylation is 1. The highest BCUT2D eigenvalue weighted by Gasteiger charge is 2.23. The first-order chi connectivity index (χ1) is 18.0. The van der Waals surface area contributed by atoms with E-state index in [-0.39, 0.29) is 11.8 Å². The molecule has 0 fully saturated rings. The van der Waals surface area contributed by atoms with Crippen LogP contribution in [0.3, 0.4) is 0 Å². The van der Waals surface area contributed by atoms with Gasteiger partial charge in [-0.1, -0.05) is 0 Å². The van der Waals surface area contributed by atoms with Crippen LogP contribution >= 0.6 is 0 Å². The molecule has 0 bridgehead atoms. The number of ketones is 1. The zero-order valence-corrected chi connectivity index (χ0v) is 20.9. The van der Waals surface area contributed by atoms with Gasteiger partial charge in [0.2, 0.25) is 0 Å². The summed E-state index contributed by atoms with van der Waals surface area (Å²) in [6.45, 7) is 2.14. The van der Waals surface area contributed by atoms with Gasteiger partial charge in [-0.05, 0) is 73.9 Å². The zero-order chi connectivity index (χ0) is 25.9. The van der Waals surface area contributed by atoms with Crippen molar-refractivity contribution < 1.29 is 19.1 Å². The van der Waals surface area contributed by atoms with Crippen LogP contribution in [0.25, 0.3) is 10.9 Å². The number of rotatable bonds is 6. The van der Waals surface area contributed by atoms with Gasteiger partial charge in [-0.15, -0.1) is 0 Å². The summed E-state index contributed by atoms with van der Waals surface area (Å²) in [5, 5.41) is 7.13. The van der Waals surface area contributed by atoms with Gasteiger partial charge in [0.25, 0.3) is 0 Å². The molecule has 1 aromatic heterocycles. The summed E-state index contributed by atoms with van der Waals surface area (Å²) >= 11 is 0. The molecule has 0 spiro atoms. The largest absolute Gasteiger partial charge is 0.493 e. The Morgan fingerprint density at radius 2 is 1.65 bits per heavy atom. The van der Waals surface area contributed by atoms with Gasteiger partial charge < -0.3 is 20.1 Å². The summed E-state index contributed by atoms with van der Waals surface area (Å²) in [6, 6.07) is 16.3. The minimum Gasteiger partial charge on any atom is -0.493 e. The lowest BCUT2D eigenvalue weighted by atomic mass is 10.0. The number of hydrogen-bond donors (Lipinski definition) is 2. The molecule has 2 heterocycles. The topological polar surface area (TPSA) is 106 Å². The van der Waals surface area contributed by atoms with Crippen molar-refractivity contribution in [2.75, 3.05) is 36.3 Å². The number of carbonyl (C=O) groups is 2. The number of amides is 2. The predicted molar refractivity (Wildman–Crippen MR) is 143 cm³/mol. The van der Waals surface area contributed by atoms with Crippen LogP contribution in [0.1, 0.15) is 29.3 Å². The molecule has 2 N–H and O–H groups in total. The summed E-state index contributed by atoms with van der Waals surface area (Å²) < 4.78 is 10.8. The number of methoxy groups -OCH3 is 2. The molecule has 0 radical (unpaired) electrons. The molecule has 2 amide bonds. The van der Waals surface area contributed by atoms with Gasteiger partial charge in [-0.25, -0.2) is 14.8 Å². The molecule has 0 atom stereocenters. The number of carbonyl (C=O) groups excluding carboxylic acids is 2. The number of hydrogen-bond acceptors (Lipinski definition) is 7. The predicted octanol–water partition coefficient (Wildman–Crippen LogP) is 5.58. The molecular formula is C28H27N5O4. The van der Waals surface area contributed by atoms with Crippen molar-refractivity contribution in [3.63, 3.8) is 0 Å². The number of anilines is 4. The zero-order valence-electron chi connectivity index (χ0n) is 20.9. The third-order valence-corrected chi connectivity index (χ3v) is 6.39. The number of fused-ring (bicyclic) bond motifs is 2. The molecule has 0 saturated carbocycles. The van der Waals surface area contributed by atoms with Crippen LogP contribution in [-0.2, 0) is 6.42 Å². The first-order valence-corrected chi connectivity index (χ1v) is 11.9. The number of nitrogens with zero attached hydrogens (tertiary/aromatic N) is 3. The summed E-state index contributed by atoms with van der Waals surface area (Å²) in [5.74, 6) is 1.82. The SMILES string of the molecule is COc1cc2ncnc(Nc3ccc4c(c3)CCCN4C(=O)Nc3ccc(C(C)=O)cc3)c2cc1OC. The van der Waals surface area contributed by atoms with Gasteiger partial charge in [0.1, 0.15) is 12.1 Å². The van der Waals surface area contributed by atoms with Crippen LogP contribution < -0.4 is 25.0 Å². The number of benzene rings is 3. The highest BCUT2D eigenvalue weighted by molar-refractivity contribution is 6.03. The van der Waals surface area contributed by atoms with E-state index in [0.717, 1.165) is 40.7 Å². The molecule has 0 saturated heterocycles. The van der Waals surface area contributed by atoms with E-state index >= 15 is 0 Å². The minimum atomic E-state index is -0.208. The molecule has 188 valence electrons. The molecule has 0 aliphatic carbocycles. The van der Waals surface area contributed by atoms with Crippen LogP contribution in [0.4, 0.5) is 27.7 Å². The van der Waals surface area contributed by atoms with Crippen LogP contribution in [0.5, 0.6) is 11.5 Å². The first-order valence-electron chi connectivity index (χ1n) is 11.9. The van der Waals surface area contributed by atoms with E-state index in [4.69, 9.17) is 9.47 Å². The second-order valence-corrected chi connectivity index (χ2v) is 8.73. The van der Waals surface area contributed by atoms with Gasteiger partial charge in [-0.2, -0.15) is 0 Å². The van der Waals surface area contributed by atoms with Crippen molar-refractivity contribution in [1.29, 1.82) is 0 Å². The van der Waals surface area contributed by atoms with Gasteiger partial charge in [0.15, 0.2) is 17.3 Å². The van der Waals surface area contributed by atoms with E-state index in [1.54, 1.807) is 43.4 Å². The molecule has 3 aromatic carbocycles. The number of urea groups is 1. The summed E-state index contributed by atoms with van der Waals surface area (Å²) in [7, 11) is 3.18. The monoisotopic (exact) mass is 497 g/mol. The molecule has 9 nitrogen and oxygen atoms in total. The van der Waals surface area contributed by atoms with Crippen molar-refractivity contribution in [2.45, 2.75) is 19.8 Å². The van der Waals surface area contributed by atoms with Gasteiger partial charge in [-0.3, -0.25) is 9.69 Å². The first kappa shape index (κ1) is 24.1. The Hall–Kier alpha value is -4.66. The van der Waals surface area contributed by atoms with E-state index in [1.807, 2.05) is 30.3 Å².